The van der Waals surface area contributed by atoms with Crippen LogP contribution in [0.5, 0.6) is 0 Å². The minimum Gasteiger partial charge on any atom is -0.462 e. The van der Waals surface area contributed by atoms with Gasteiger partial charge in [-0.25, -0.2) is 28.5 Å². The first kappa shape index (κ1) is 45.8. The van der Waals surface area contributed by atoms with Gasteiger partial charge in [0.2, 0.25) is 6.29 Å². The molecular weight excluding hydrogens is 847 g/mol. The van der Waals surface area contributed by atoms with Crippen molar-refractivity contribution in [2.24, 2.45) is 0 Å². The Morgan fingerprint density at radius 1 is 0.881 bits per heavy atom. The van der Waals surface area contributed by atoms with Crippen molar-refractivity contribution in [2.75, 3.05) is 18.9 Å². The molecule has 5 heterocycles. The molecule has 0 aromatic carbocycles. The lowest BCUT2D eigenvalue weighted by Crippen LogP contribution is -2.65. The number of alkyl halides is 1. The zero-order valence-electron chi connectivity index (χ0n) is 32.1. The molecule has 29 heteroatoms. The number of halogens is 1. The molecule has 0 spiro atoms. The van der Waals surface area contributed by atoms with Crippen LogP contribution in [0.15, 0.2) is 12.7 Å². The molecule has 3 aliphatic rings. The summed E-state index contributed by atoms with van der Waals surface area (Å²) in [7, 11) is -12.0. The molecule has 0 bridgehead atoms. The van der Waals surface area contributed by atoms with E-state index in [1.54, 1.807) is 0 Å². The third kappa shape index (κ3) is 10.9. The number of carbonyl (C=O) groups is 5. The molecule has 12 atom stereocenters. The number of phosphoric acid groups is 2. The van der Waals surface area contributed by atoms with Crippen LogP contribution >= 0.6 is 15.6 Å². The van der Waals surface area contributed by atoms with Gasteiger partial charge in [0, 0.05) is 34.6 Å². The quantitative estimate of drug-likeness (QED) is 0.124. The first-order valence-electron chi connectivity index (χ1n) is 17.1. The molecular formula is C30H40FN5O21P2. The monoisotopic (exact) mass is 887 g/mol. The number of aromatic nitrogens is 4. The number of nitrogen functional groups attached to an aromatic ring is 1. The molecule has 4 N–H and O–H groups in total. The first-order chi connectivity index (χ1) is 27.3. The summed E-state index contributed by atoms with van der Waals surface area (Å²) in [5, 5.41) is 0. The van der Waals surface area contributed by atoms with Crippen LogP contribution in [0.25, 0.3) is 11.2 Å². The Hall–Kier alpha value is -4.27. The fourth-order valence-electron chi connectivity index (χ4n) is 6.32. The molecule has 2 aromatic heterocycles. The predicted molar refractivity (Wildman–Crippen MR) is 183 cm³/mol. The molecule has 59 heavy (non-hydrogen) atoms. The van der Waals surface area contributed by atoms with Crippen LogP contribution in [0.3, 0.4) is 0 Å². The van der Waals surface area contributed by atoms with Crippen LogP contribution < -0.4 is 5.73 Å². The summed E-state index contributed by atoms with van der Waals surface area (Å²) in [5.41, 5.74) is 6.09. The fourth-order valence-corrected chi connectivity index (χ4v) is 8.48. The van der Waals surface area contributed by atoms with E-state index in [1.165, 1.54) is 24.7 Å². The van der Waals surface area contributed by atoms with E-state index >= 15 is 4.39 Å². The maximum Gasteiger partial charge on any atom is 0.483 e. The molecule has 7 unspecified atom stereocenters. The smallest absolute Gasteiger partial charge is 0.462 e. The number of anilines is 1. The lowest BCUT2D eigenvalue weighted by Gasteiger charge is -2.45. The number of fused-ring (bicyclic) bond motifs is 2. The number of hydrogen-bond acceptors (Lipinski definition) is 23. The summed E-state index contributed by atoms with van der Waals surface area (Å²) in [6.07, 6.45) is -14.2. The van der Waals surface area contributed by atoms with Crippen LogP contribution in [0.4, 0.5) is 10.2 Å². The van der Waals surface area contributed by atoms with E-state index in [1.807, 2.05) is 0 Å². The van der Waals surface area contributed by atoms with Crippen LogP contribution in [0.2, 0.25) is 0 Å². The van der Waals surface area contributed by atoms with Gasteiger partial charge in [0.15, 0.2) is 54.0 Å². The van der Waals surface area contributed by atoms with Gasteiger partial charge in [0.1, 0.15) is 37.3 Å². The molecule has 3 aliphatic heterocycles. The highest BCUT2D eigenvalue weighted by Crippen LogP contribution is 2.62. The average molecular weight is 888 g/mol. The van der Waals surface area contributed by atoms with Gasteiger partial charge in [-0.2, -0.15) is 4.31 Å². The Morgan fingerprint density at radius 2 is 1.51 bits per heavy atom. The van der Waals surface area contributed by atoms with Gasteiger partial charge in [-0.3, -0.25) is 37.6 Å². The maximum absolute atomic E-state index is 16.7. The molecule has 0 aliphatic carbocycles. The van der Waals surface area contributed by atoms with Crippen LogP contribution in [0.1, 0.15) is 54.7 Å². The zero-order chi connectivity index (χ0) is 43.8. The zero-order valence-corrected chi connectivity index (χ0v) is 33.8. The van der Waals surface area contributed by atoms with Crippen molar-refractivity contribution in [1.82, 2.24) is 19.5 Å². The normalized spacial score (nSPS) is 31.2. The van der Waals surface area contributed by atoms with Crippen LogP contribution in [0, 0.1) is 0 Å². The second-order valence-corrected chi connectivity index (χ2v) is 16.4. The summed E-state index contributed by atoms with van der Waals surface area (Å²) >= 11 is 0. The number of nitrogens with zero attached hydrogens (tertiary/aromatic N) is 4. The highest BCUT2D eigenvalue weighted by Gasteiger charge is 2.66. The topological polar surface area (TPSA) is 340 Å². The number of rotatable bonds is 15. The van der Waals surface area contributed by atoms with Crippen molar-refractivity contribution in [1.29, 1.82) is 0 Å². The van der Waals surface area contributed by atoms with Gasteiger partial charge < -0.3 is 58.2 Å². The number of hydrogen-bond donors (Lipinski definition) is 3. The molecule has 0 saturated carbocycles. The number of imidazole rings is 1. The lowest BCUT2D eigenvalue weighted by atomic mass is 9.94. The molecule has 0 radical (unpaired) electrons. The Balaban J connectivity index is 1.40. The second-order valence-electron chi connectivity index (χ2n) is 13.4. The number of phosphoric ester groups is 2. The molecule has 3 saturated heterocycles. The number of nitrogens with two attached hydrogens (primary N) is 1. The summed E-state index contributed by atoms with van der Waals surface area (Å²) < 4.78 is 107. The van der Waals surface area contributed by atoms with Crippen molar-refractivity contribution in [3.8, 4) is 0 Å². The number of esters is 5. The van der Waals surface area contributed by atoms with E-state index in [4.69, 9.17) is 57.4 Å². The van der Waals surface area contributed by atoms with E-state index in [-0.39, 0.29) is 17.0 Å². The SMILES string of the molecule is CC(=O)OC[C@@H](OC(C)=O)C1O[C@@H](OP(=O)(O)OP(=O)(O)OC[C@@]2(F)O[C@@H](n3cnc4c(N)ncnc43)C3OC(C)(C)OC32)C(OC(C)=O)C(OC(C)=O)[C@@H]1OC(C)=O. The van der Waals surface area contributed by atoms with Crippen molar-refractivity contribution >= 4 is 62.5 Å². The Bertz CT molecular complexity index is 2060. The molecule has 0 amide bonds. The standard InChI is InChI=1S/C30H40FN5O21P2/c1-12(37)46-8-17(48-13(2)38)19-20(49-14(3)39)21(50-15(4)40)22(51-16(5)41)28(52-19)56-59(44,45)57-58(42,43)47-9-30(31)24-23(53-29(6,7)54-24)27(55-30)36-11-35-18-25(32)33-10-34-26(18)36/h10-11,17,19-24,27-28H,8-9H2,1-7H3,(H,42,43)(H,44,45)(H2,32,33,34)/t17-,19?,20-,21?,22?,23?,24?,27-,28+,30-/m1/s1. The largest absolute Gasteiger partial charge is 0.483 e. The number of ether oxygens (including phenoxy) is 9. The van der Waals surface area contributed by atoms with E-state index in [2.05, 4.69) is 19.3 Å². The predicted octanol–water partition coefficient (Wildman–Crippen LogP) is 0.389. The third-order valence-corrected chi connectivity index (χ3v) is 10.8. The summed E-state index contributed by atoms with van der Waals surface area (Å²) in [5.74, 6) is -9.83. The fraction of sp³-hybridized carbons (Fsp3) is 0.667. The number of carbonyl (C=O) groups excluding carboxylic acids is 5. The Morgan fingerprint density at radius 3 is 2.12 bits per heavy atom. The van der Waals surface area contributed by atoms with Crippen molar-refractivity contribution in [3.05, 3.63) is 12.7 Å². The van der Waals surface area contributed by atoms with E-state index in [0.717, 1.165) is 40.9 Å². The van der Waals surface area contributed by atoms with E-state index in [0.29, 0.717) is 0 Å². The van der Waals surface area contributed by atoms with E-state index < -0.39 is 126 Å². The van der Waals surface area contributed by atoms with Crippen molar-refractivity contribution < 1.29 is 103 Å². The van der Waals surface area contributed by atoms with Gasteiger partial charge in [-0.1, -0.05) is 0 Å². The maximum atomic E-state index is 16.7. The average Bonchev–Trinajstić information content (AvgIpc) is 3.74. The minimum atomic E-state index is -6.05. The molecule has 328 valence electrons. The Labute approximate surface area is 332 Å². The molecule has 3 fully saturated rings. The summed E-state index contributed by atoms with van der Waals surface area (Å²) in [6.45, 7) is 5.09. The van der Waals surface area contributed by atoms with Crippen molar-refractivity contribution in [3.63, 3.8) is 0 Å². The van der Waals surface area contributed by atoms with Gasteiger partial charge in [-0.15, -0.1) is 0 Å². The van der Waals surface area contributed by atoms with Crippen molar-refractivity contribution in [2.45, 2.75) is 115 Å². The van der Waals surface area contributed by atoms with Gasteiger partial charge in [0.05, 0.1) is 6.33 Å². The van der Waals surface area contributed by atoms with Gasteiger partial charge in [-0.05, 0) is 13.8 Å². The van der Waals surface area contributed by atoms with Gasteiger partial charge >= 0.3 is 45.5 Å². The van der Waals surface area contributed by atoms with Gasteiger partial charge in [0.25, 0.3) is 5.85 Å². The molecule has 2 aromatic rings. The molecule has 5 rings (SSSR count). The highest BCUT2D eigenvalue weighted by molar-refractivity contribution is 7.61. The summed E-state index contributed by atoms with van der Waals surface area (Å²) in [4.78, 5) is 93.9. The van der Waals surface area contributed by atoms with Crippen LogP contribution in [-0.4, -0.2) is 133 Å². The highest BCUT2D eigenvalue weighted by atomic mass is 31.3. The second kappa shape index (κ2) is 17.4. The third-order valence-electron chi connectivity index (χ3n) is 8.25. The Kier molecular flexibility index (Phi) is 13.5. The van der Waals surface area contributed by atoms with Crippen LogP contribution in [-0.2, 0) is 89.1 Å². The lowest BCUT2D eigenvalue weighted by molar-refractivity contribution is -0.301. The summed E-state index contributed by atoms with van der Waals surface area (Å²) in [6, 6.07) is 0. The van der Waals surface area contributed by atoms with E-state index in [9.17, 15) is 42.9 Å². The minimum absolute atomic E-state index is 0.0123. The molecule has 26 nitrogen and oxygen atoms in total. The first-order valence-corrected chi connectivity index (χ1v) is 20.1.